The molecule has 1 amide bonds. The largest absolute Gasteiger partial charge is 0.497 e. The van der Waals surface area contributed by atoms with Crippen LogP contribution in [0.3, 0.4) is 0 Å². The molecule has 138 valence electrons. The first-order valence-corrected chi connectivity index (χ1v) is 8.90. The first kappa shape index (κ1) is 17.2. The normalized spacial score (nSPS) is 15.8. The van der Waals surface area contributed by atoms with Crippen molar-refractivity contribution in [3.05, 3.63) is 60.2 Å². The van der Waals surface area contributed by atoms with Gasteiger partial charge in [0.25, 0.3) is 0 Å². The van der Waals surface area contributed by atoms with E-state index in [0.717, 1.165) is 29.7 Å². The van der Waals surface area contributed by atoms with Gasteiger partial charge in [-0.25, -0.2) is 4.98 Å². The van der Waals surface area contributed by atoms with Crippen LogP contribution in [0.4, 0.5) is 0 Å². The lowest BCUT2D eigenvalue weighted by atomic mass is 9.94. The second kappa shape index (κ2) is 6.83. The van der Waals surface area contributed by atoms with Crippen LogP contribution < -0.4 is 10.1 Å². The molecule has 1 unspecified atom stereocenters. The number of nitrogens with zero attached hydrogens (tertiary/aromatic N) is 3. The minimum atomic E-state index is -0.452. The van der Waals surface area contributed by atoms with Crippen molar-refractivity contribution in [3.63, 3.8) is 0 Å². The summed E-state index contributed by atoms with van der Waals surface area (Å²) < 4.78 is 5.20. The molecule has 0 radical (unpaired) electrons. The van der Waals surface area contributed by atoms with E-state index in [1.807, 2.05) is 43.3 Å². The van der Waals surface area contributed by atoms with Gasteiger partial charge in [0.15, 0.2) is 5.82 Å². The van der Waals surface area contributed by atoms with E-state index in [0.29, 0.717) is 11.6 Å². The Balaban J connectivity index is 1.47. The van der Waals surface area contributed by atoms with Crippen molar-refractivity contribution in [2.45, 2.75) is 31.2 Å². The lowest BCUT2D eigenvalue weighted by Crippen LogP contribution is -2.36. The second-order valence-corrected chi connectivity index (χ2v) is 6.79. The first-order chi connectivity index (χ1) is 13.1. The Kier molecular flexibility index (Phi) is 4.35. The zero-order valence-electron chi connectivity index (χ0n) is 15.3. The van der Waals surface area contributed by atoms with E-state index in [1.54, 1.807) is 19.5 Å². The lowest BCUT2D eigenvalue weighted by Gasteiger charge is -2.19. The number of ether oxygens (including phenoxy) is 1. The minimum absolute atomic E-state index is 0.0134. The van der Waals surface area contributed by atoms with Gasteiger partial charge in [0.05, 0.1) is 18.6 Å². The van der Waals surface area contributed by atoms with E-state index in [4.69, 9.17) is 4.74 Å². The van der Waals surface area contributed by atoms with Crippen molar-refractivity contribution in [1.82, 2.24) is 25.5 Å². The molecule has 7 nitrogen and oxygen atoms in total. The Morgan fingerprint density at radius 3 is 2.67 bits per heavy atom. The molecule has 2 N–H and O–H groups in total. The number of amides is 1. The predicted molar refractivity (Wildman–Crippen MR) is 100 cm³/mol. The average molecular weight is 363 g/mol. The molecule has 1 aromatic carbocycles. The third-order valence-corrected chi connectivity index (χ3v) is 5.01. The van der Waals surface area contributed by atoms with Crippen molar-refractivity contribution in [3.8, 4) is 17.1 Å². The average Bonchev–Trinajstić information content (AvgIpc) is 3.38. The number of hydrogen-bond acceptors (Lipinski definition) is 5. The number of carbonyl (C=O) groups excluding carboxylic acids is 1. The van der Waals surface area contributed by atoms with E-state index < -0.39 is 5.41 Å². The number of benzene rings is 1. The Morgan fingerprint density at radius 2 is 2.04 bits per heavy atom. The van der Waals surface area contributed by atoms with Gasteiger partial charge in [-0.2, -0.15) is 5.10 Å². The number of carbonyl (C=O) groups is 1. The van der Waals surface area contributed by atoms with E-state index in [-0.39, 0.29) is 11.9 Å². The number of aromatic amines is 1. The lowest BCUT2D eigenvalue weighted by molar-refractivity contribution is -0.124. The number of rotatable bonds is 6. The Hall–Kier alpha value is -3.22. The quantitative estimate of drug-likeness (QED) is 0.702. The monoisotopic (exact) mass is 363 g/mol. The fourth-order valence-electron chi connectivity index (χ4n) is 3.18. The highest BCUT2D eigenvalue weighted by Gasteiger charge is 2.51. The number of H-pyrrole nitrogens is 1. The Bertz CT molecular complexity index is 933. The maximum Gasteiger partial charge on any atom is 0.231 e. The fourth-order valence-corrected chi connectivity index (χ4v) is 3.18. The molecular weight excluding hydrogens is 342 g/mol. The highest BCUT2D eigenvalue weighted by molar-refractivity contribution is 5.91. The van der Waals surface area contributed by atoms with Crippen LogP contribution in [-0.4, -0.2) is 33.2 Å². The highest BCUT2D eigenvalue weighted by atomic mass is 16.5. The summed E-state index contributed by atoms with van der Waals surface area (Å²) in [7, 11) is 1.63. The zero-order valence-corrected chi connectivity index (χ0v) is 15.3. The molecule has 0 aliphatic heterocycles. The van der Waals surface area contributed by atoms with Gasteiger partial charge >= 0.3 is 0 Å². The Labute approximate surface area is 157 Å². The summed E-state index contributed by atoms with van der Waals surface area (Å²) in [5.41, 5.74) is 1.39. The summed E-state index contributed by atoms with van der Waals surface area (Å²) in [5.74, 6) is 1.98. The smallest absolute Gasteiger partial charge is 0.231 e. The van der Waals surface area contributed by atoms with Crippen LogP contribution in [0.25, 0.3) is 11.4 Å². The topological polar surface area (TPSA) is 92.8 Å². The van der Waals surface area contributed by atoms with Gasteiger partial charge in [-0.1, -0.05) is 12.1 Å². The third kappa shape index (κ3) is 3.28. The molecule has 0 spiro atoms. The number of nitrogens with one attached hydrogen (secondary N) is 2. The van der Waals surface area contributed by atoms with E-state index >= 15 is 0 Å². The van der Waals surface area contributed by atoms with Crippen molar-refractivity contribution in [1.29, 1.82) is 0 Å². The predicted octanol–water partition coefficient (Wildman–Crippen LogP) is 2.78. The van der Waals surface area contributed by atoms with E-state index in [9.17, 15) is 4.79 Å². The van der Waals surface area contributed by atoms with Gasteiger partial charge in [0.1, 0.15) is 11.6 Å². The van der Waals surface area contributed by atoms with Crippen molar-refractivity contribution >= 4 is 5.91 Å². The Morgan fingerprint density at radius 1 is 1.26 bits per heavy atom. The molecule has 1 atom stereocenters. The van der Waals surface area contributed by atoms with Crippen LogP contribution in [0.2, 0.25) is 0 Å². The zero-order chi connectivity index (χ0) is 18.9. The fraction of sp³-hybridized carbons (Fsp3) is 0.300. The molecule has 1 aliphatic rings. The van der Waals surface area contributed by atoms with Gasteiger partial charge in [0, 0.05) is 18.0 Å². The molecule has 1 fully saturated rings. The van der Waals surface area contributed by atoms with Crippen molar-refractivity contribution in [2.75, 3.05) is 7.11 Å². The number of hydrogen-bond donors (Lipinski definition) is 2. The van der Waals surface area contributed by atoms with Crippen LogP contribution in [0.15, 0.2) is 48.8 Å². The summed E-state index contributed by atoms with van der Waals surface area (Å²) in [4.78, 5) is 21.5. The molecule has 0 bridgehead atoms. The molecule has 1 aliphatic carbocycles. The molecule has 27 heavy (non-hydrogen) atoms. The summed E-state index contributed by atoms with van der Waals surface area (Å²) in [6.07, 6.45) is 5.09. The van der Waals surface area contributed by atoms with Gasteiger partial charge in [-0.15, -0.1) is 0 Å². The summed E-state index contributed by atoms with van der Waals surface area (Å²) in [5, 5.41) is 10.2. The first-order valence-electron chi connectivity index (χ1n) is 8.90. The third-order valence-electron chi connectivity index (χ3n) is 5.01. The summed E-state index contributed by atoms with van der Waals surface area (Å²) in [6.45, 7) is 1.90. The van der Waals surface area contributed by atoms with Crippen LogP contribution in [-0.2, 0) is 10.2 Å². The summed E-state index contributed by atoms with van der Waals surface area (Å²) >= 11 is 0. The molecule has 1 saturated carbocycles. The standard InChI is InChI=1S/C20H21N5O2/c1-13(17-23-18(25-24-17)14-4-3-11-21-12-14)22-19(26)20(9-10-20)15-5-7-16(27-2)8-6-15/h3-8,11-13H,9-10H2,1-2H3,(H,22,26)(H,23,24,25). The molecule has 7 heteroatoms. The minimum Gasteiger partial charge on any atom is -0.497 e. The van der Waals surface area contributed by atoms with E-state index in [2.05, 4.69) is 25.5 Å². The maximum absolute atomic E-state index is 12.9. The summed E-state index contributed by atoms with van der Waals surface area (Å²) in [6, 6.07) is 11.2. The van der Waals surface area contributed by atoms with Gasteiger partial charge < -0.3 is 10.1 Å². The number of pyridine rings is 1. The van der Waals surface area contributed by atoms with Crippen LogP contribution in [0.5, 0.6) is 5.75 Å². The molecular formula is C20H21N5O2. The van der Waals surface area contributed by atoms with Crippen LogP contribution >= 0.6 is 0 Å². The van der Waals surface area contributed by atoms with Gasteiger partial charge in [-0.05, 0) is 49.6 Å². The molecule has 3 aromatic rings. The molecule has 2 aromatic heterocycles. The highest BCUT2D eigenvalue weighted by Crippen LogP contribution is 2.49. The second-order valence-electron chi connectivity index (χ2n) is 6.79. The van der Waals surface area contributed by atoms with Gasteiger partial charge in [-0.3, -0.25) is 14.9 Å². The van der Waals surface area contributed by atoms with Crippen LogP contribution in [0.1, 0.15) is 37.2 Å². The van der Waals surface area contributed by atoms with Crippen LogP contribution in [0, 0.1) is 0 Å². The molecule has 0 saturated heterocycles. The van der Waals surface area contributed by atoms with E-state index in [1.165, 1.54) is 0 Å². The van der Waals surface area contributed by atoms with Crippen molar-refractivity contribution in [2.24, 2.45) is 0 Å². The molecule has 4 rings (SSSR count). The van der Waals surface area contributed by atoms with Gasteiger partial charge in [0.2, 0.25) is 5.91 Å². The SMILES string of the molecule is COc1ccc(C2(C(=O)NC(C)c3nc(-c4cccnc4)n[nH]3)CC2)cc1. The molecule has 2 heterocycles. The number of methoxy groups -OCH3 is 1. The van der Waals surface area contributed by atoms with Crippen molar-refractivity contribution < 1.29 is 9.53 Å². The maximum atomic E-state index is 12.9. The number of aromatic nitrogens is 4.